The number of aromatic nitrogens is 1. The van der Waals surface area contributed by atoms with Gasteiger partial charge in [0.25, 0.3) is 0 Å². The number of carbonyl (C=O) groups is 1. The molecule has 0 bridgehead atoms. The summed E-state index contributed by atoms with van der Waals surface area (Å²) in [7, 11) is 0. The first kappa shape index (κ1) is 15.4. The molecule has 2 unspecified atom stereocenters. The molecule has 19 heavy (non-hydrogen) atoms. The second-order valence-corrected chi connectivity index (χ2v) is 4.70. The van der Waals surface area contributed by atoms with E-state index in [-0.39, 0.29) is 6.04 Å². The average Bonchev–Trinajstić information content (AvgIpc) is 2.41. The van der Waals surface area contributed by atoms with E-state index in [0.29, 0.717) is 6.42 Å². The zero-order valence-electron chi connectivity index (χ0n) is 11.3. The van der Waals surface area contributed by atoms with Crippen molar-refractivity contribution in [2.75, 3.05) is 0 Å². The number of unbranched alkanes of at least 4 members (excludes halogenated alkanes) is 1. The van der Waals surface area contributed by atoms with Crippen molar-refractivity contribution in [2.45, 2.75) is 38.6 Å². The summed E-state index contributed by atoms with van der Waals surface area (Å²) in [5, 5.41) is 9.21. The summed E-state index contributed by atoms with van der Waals surface area (Å²) in [5.41, 5.74) is 6.83. The van der Waals surface area contributed by atoms with Gasteiger partial charge in [0, 0.05) is 18.4 Å². The van der Waals surface area contributed by atoms with Gasteiger partial charge in [-0.2, -0.15) is 0 Å². The molecule has 0 saturated heterocycles. The second kappa shape index (κ2) is 8.43. The van der Waals surface area contributed by atoms with Crippen LogP contribution in [-0.4, -0.2) is 22.1 Å². The number of hydrogen-bond donors (Lipinski definition) is 2. The van der Waals surface area contributed by atoms with Crippen molar-refractivity contribution in [3.63, 3.8) is 0 Å². The fourth-order valence-electron chi connectivity index (χ4n) is 1.82. The summed E-state index contributed by atoms with van der Waals surface area (Å²) < 4.78 is 0. The number of pyridine rings is 1. The van der Waals surface area contributed by atoms with Gasteiger partial charge in [-0.1, -0.05) is 38.0 Å². The van der Waals surface area contributed by atoms with Crippen LogP contribution in [0.3, 0.4) is 0 Å². The smallest absolute Gasteiger partial charge is 0.310 e. The van der Waals surface area contributed by atoms with Gasteiger partial charge >= 0.3 is 5.97 Å². The first-order valence-corrected chi connectivity index (χ1v) is 6.69. The van der Waals surface area contributed by atoms with Crippen LogP contribution < -0.4 is 5.73 Å². The van der Waals surface area contributed by atoms with E-state index < -0.39 is 11.9 Å². The molecular weight excluding hydrogens is 240 g/mol. The Labute approximate surface area is 114 Å². The minimum atomic E-state index is -0.831. The third-order valence-electron chi connectivity index (χ3n) is 2.98. The molecule has 2 atom stereocenters. The third kappa shape index (κ3) is 6.15. The van der Waals surface area contributed by atoms with E-state index in [0.717, 1.165) is 24.8 Å². The maximum Gasteiger partial charge on any atom is 0.310 e. The highest BCUT2D eigenvalue weighted by Gasteiger charge is 2.15. The number of nitrogens with two attached hydrogens (primary N) is 1. The van der Waals surface area contributed by atoms with Crippen LogP contribution in [0.5, 0.6) is 0 Å². The summed E-state index contributed by atoms with van der Waals surface area (Å²) in [5.74, 6) is -1.38. The van der Waals surface area contributed by atoms with Crippen LogP contribution in [0.2, 0.25) is 0 Å². The first-order chi connectivity index (χ1) is 9.13. The predicted octanol–water partition coefficient (Wildman–Crippen LogP) is 2.40. The molecule has 0 saturated carbocycles. The van der Waals surface area contributed by atoms with Crippen LogP contribution >= 0.6 is 0 Å². The molecule has 3 N–H and O–H groups in total. The molecule has 1 aromatic rings. The van der Waals surface area contributed by atoms with E-state index in [1.807, 2.05) is 18.2 Å². The normalized spacial score (nSPS) is 14.4. The molecule has 1 heterocycles. The summed E-state index contributed by atoms with van der Waals surface area (Å²) in [6.45, 7) is 2.11. The quantitative estimate of drug-likeness (QED) is 0.705. The highest BCUT2D eigenvalue weighted by atomic mass is 16.4. The topological polar surface area (TPSA) is 76.2 Å². The van der Waals surface area contributed by atoms with Crippen LogP contribution in [0, 0.1) is 5.92 Å². The van der Waals surface area contributed by atoms with Crippen molar-refractivity contribution in [1.29, 1.82) is 0 Å². The molecule has 0 fully saturated rings. The van der Waals surface area contributed by atoms with Gasteiger partial charge in [-0.05, 0) is 24.5 Å². The molecule has 0 spiro atoms. The molecule has 0 amide bonds. The van der Waals surface area contributed by atoms with Crippen LogP contribution in [0.25, 0.3) is 0 Å². The summed E-state index contributed by atoms with van der Waals surface area (Å²) in [6.07, 6.45) is 10.4. The zero-order valence-corrected chi connectivity index (χ0v) is 11.3. The van der Waals surface area contributed by atoms with Crippen LogP contribution in [-0.2, 0) is 11.2 Å². The minimum Gasteiger partial charge on any atom is -0.481 e. The lowest BCUT2D eigenvalue weighted by atomic mass is 9.98. The SMILES string of the molecule is CCCCC(N)/C=C\C(Cc1cccnc1)C(=O)O. The molecule has 1 aromatic heterocycles. The van der Waals surface area contributed by atoms with Gasteiger partial charge in [0.2, 0.25) is 0 Å². The van der Waals surface area contributed by atoms with Gasteiger partial charge in [0.15, 0.2) is 0 Å². The van der Waals surface area contributed by atoms with Crippen LogP contribution in [0.15, 0.2) is 36.7 Å². The highest BCUT2D eigenvalue weighted by molar-refractivity contribution is 5.72. The van der Waals surface area contributed by atoms with Gasteiger partial charge in [-0.3, -0.25) is 9.78 Å². The van der Waals surface area contributed by atoms with Gasteiger partial charge in [0.1, 0.15) is 0 Å². The Morgan fingerprint density at radius 2 is 2.32 bits per heavy atom. The fourth-order valence-corrected chi connectivity index (χ4v) is 1.82. The van der Waals surface area contributed by atoms with E-state index in [9.17, 15) is 9.90 Å². The average molecular weight is 262 g/mol. The number of hydrogen-bond acceptors (Lipinski definition) is 3. The summed E-state index contributed by atoms with van der Waals surface area (Å²) in [4.78, 5) is 15.2. The number of nitrogens with zero attached hydrogens (tertiary/aromatic N) is 1. The number of aliphatic carboxylic acids is 1. The molecule has 0 radical (unpaired) electrons. The lowest BCUT2D eigenvalue weighted by Crippen LogP contribution is -2.19. The van der Waals surface area contributed by atoms with E-state index in [1.165, 1.54) is 0 Å². The first-order valence-electron chi connectivity index (χ1n) is 6.69. The number of carboxylic acid groups (broad SMARTS) is 1. The second-order valence-electron chi connectivity index (χ2n) is 4.70. The molecule has 4 nitrogen and oxygen atoms in total. The van der Waals surface area contributed by atoms with Crippen molar-refractivity contribution in [2.24, 2.45) is 11.7 Å². The summed E-state index contributed by atoms with van der Waals surface area (Å²) >= 11 is 0. The minimum absolute atomic E-state index is 0.0595. The Hall–Kier alpha value is -1.68. The Morgan fingerprint density at radius 3 is 2.89 bits per heavy atom. The molecule has 0 aromatic carbocycles. The van der Waals surface area contributed by atoms with Crippen molar-refractivity contribution in [1.82, 2.24) is 4.98 Å². The number of rotatable bonds is 8. The van der Waals surface area contributed by atoms with Gasteiger partial charge in [-0.25, -0.2) is 0 Å². The molecule has 0 aliphatic heterocycles. The highest BCUT2D eigenvalue weighted by Crippen LogP contribution is 2.11. The van der Waals surface area contributed by atoms with Crippen molar-refractivity contribution in [3.05, 3.63) is 42.2 Å². The lowest BCUT2D eigenvalue weighted by Gasteiger charge is -2.09. The Balaban J connectivity index is 2.58. The monoisotopic (exact) mass is 262 g/mol. The van der Waals surface area contributed by atoms with Crippen molar-refractivity contribution < 1.29 is 9.90 Å². The van der Waals surface area contributed by atoms with E-state index in [4.69, 9.17) is 5.73 Å². The van der Waals surface area contributed by atoms with Gasteiger partial charge in [-0.15, -0.1) is 0 Å². The third-order valence-corrected chi connectivity index (χ3v) is 2.98. The number of carboxylic acids is 1. The molecular formula is C15H22N2O2. The van der Waals surface area contributed by atoms with Crippen LogP contribution in [0.4, 0.5) is 0 Å². The molecule has 0 aliphatic carbocycles. The van der Waals surface area contributed by atoms with Gasteiger partial charge in [0.05, 0.1) is 5.92 Å². The van der Waals surface area contributed by atoms with Crippen molar-refractivity contribution >= 4 is 5.97 Å². The summed E-state index contributed by atoms with van der Waals surface area (Å²) in [6, 6.07) is 3.63. The maximum absolute atomic E-state index is 11.2. The fraction of sp³-hybridized carbons (Fsp3) is 0.467. The van der Waals surface area contributed by atoms with E-state index in [1.54, 1.807) is 18.5 Å². The molecule has 0 aliphatic rings. The molecule has 4 heteroatoms. The zero-order chi connectivity index (χ0) is 14.1. The standard InChI is InChI=1S/C15H22N2O2/c1-2-3-6-14(16)8-7-13(15(18)19)10-12-5-4-9-17-11-12/h4-5,7-9,11,13-14H,2-3,6,10,16H2,1H3,(H,18,19)/b8-7-. The Bertz CT molecular complexity index is 404. The van der Waals surface area contributed by atoms with Crippen LogP contribution in [0.1, 0.15) is 31.7 Å². The maximum atomic E-state index is 11.2. The predicted molar refractivity (Wildman–Crippen MR) is 75.7 cm³/mol. The molecule has 1 rings (SSSR count). The van der Waals surface area contributed by atoms with E-state index >= 15 is 0 Å². The molecule has 104 valence electrons. The largest absolute Gasteiger partial charge is 0.481 e. The Morgan fingerprint density at radius 1 is 1.53 bits per heavy atom. The Kier molecular flexibility index (Phi) is 6.82. The lowest BCUT2D eigenvalue weighted by molar-refractivity contribution is -0.140. The van der Waals surface area contributed by atoms with Crippen molar-refractivity contribution in [3.8, 4) is 0 Å². The van der Waals surface area contributed by atoms with Gasteiger partial charge < -0.3 is 10.8 Å². The van der Waals surface area contributed by atoms with E-state index in [2.05, 4.69) is 11.9 Å².